The second kappa shape index (κ2) is 18.8. The zero-order valence-corrected chi connectivity index (χ0v) is 28.6. The molecule has 1 heterocycles. The lowest BCUT2D eigenvalue weighted by molar-refractivity contribution is -0.253. The minimum atomic E-state index is -0.771. The summed E-state index contributed by atoms with van der Waals surface area (Å²) < 4.78 is 13.4. The van der Waals surface area contributed by atoms with Gasteiger partial charge in [0.25, 0.3) is 0 Å². The minimum absolute atomic E-state index is 0.00641. The average molecular weight is 669 g/mol. The van der Waals surface area contributed by atoms with E-state index in [9.17, 15) is 14.7 Å². The molecule has 3 N–H and O–H groups in total. The van der Waals surface area contributed by atoms with Crippen molar-refractivity contribution in [3.63, 3.8) is 0 Å². The fourth-order valence-electron chi connectivity index (χ4n) is 7.03. The van der Waals surface area contributed by atoms with Crippen molar-refractivity contribution in [3.05, 3.63) is 108 Å². The third-order valence-corrected chi connectivity index (χ3v) is 9.71. The van der Waals surface area contributed by atoms with Gasteiger partial charge in [-0.15, -0.1) is 6.58 Å². The monoisotopic (exact) mass is 668 g/mol. The normalized spacial score (nSPS) is 19.6. The van der Waals surface area contributed by atoms with Crippen LogP contribution in [0.5, 0.6) is 0 Å². The lowest BCUT2D eigenvalue weighted by Gasteiger charge is -2.39. The van der Waals surface area contributed by atoms with Crippen LogP contribution in [0.1, 0.15) is 105 Å². The Morgan fingerprint density at radius 1 is 0.857 bits per heavy atom. The molecule has 2 aliphatic rings. The van der Waals surface area contributed by atoms with Crippen LogP contribution in [-0.4, -0.2) is 52.2 Å². The summed E-state index contributed by atoms with van der Waals surface area (Å²) in [7, 11) is 0. The van der Waals surface area contributed by atoms with E-state index in [4.69, 9.17) is 14.6 Å². The lowest BCUT2D eigenvalue weighted by Crippen LogP contribution is -2.43. The van der Waals surface area contributed by atoms with Crippen molar-refractivity contribution in [2.75, 3.05) is 13.1 Å². The standard InChI is InChI=1S/C41H52N2O6/c1-2-23-43(36-15-7-8-16-36)28-37-26-38(32-21-19-30(29-44)20-22-32)49-41(48-37)35-14-10-13-34(25-35)33-12-9-11-31(24-33)27-42-39(45)17-5-3-4-6-18-40(46)47/h2,9-14,19-22,24-25,36-38,41,44H,1,3-8,15-18,23,26-29H2,(H,42,45)(H,46,47). The highest BCUT2D eigenvalue weighted by Gasteiger charge is 2.34. The van der Waals surface area contributed by atoms with Crippen LogP contribution in [-0.2, 0) is 32.2 Å². The Kier molecular flexibility index (Phi) is 14.0. The predicted octanol–water partition coefficient (Wildman–Crippen LogP) is 7.86. The van der Waals surface area contributed by atoms with E-state index in [0.29, 0.717) is 25.4 Å². The molecule has 3 unspecified atom stereocenters. The number of nitrogens with zero attached hydrogens (tertiary/aromatic N) is 1. The molecule has 3 atom stereocenters. The van der Waals surface area contributed by atoms with E-state index in [0.717, 1.165) is 72.2 Å². The van der Waals surface area contributed by atoms with Crippen LogP contribution in [0.25, 0.3) is 11.1 Å². The van der Waals surface area contributed by atoms with Crippen molar-refractivity contribution < 1.29 is 29.3 Å². The smallest absolute Gasteiger partial charge is 0.303 e. The van der Waals surface area contributed by atoms with Gasteiger partial charge in [-0.1, -0.05) is 92.4 Å². The molecule has 1 amide bonds. The molecule has 262 valence electrons. The number of aliphatic hydroxyl groups is 1. The number of aliphatic carboxylic acids is 1. The van der Waals surface area contributed by atoms with Gasteiger partial charge >= 0.3 is 5.97 Å². The minimum Gasteiger partial charge on any atom is -0.481 e. The first-order chi connectivity index (χ1) is 23.9. The number of rotatable bonds is 18. The summed E-state index contributed by atoms with van der Waals surface area (Å²) >= 11 is 0. The van der Waals surface area contributed by atoms with Gasteiger partial charge in [0.05, 0.1) is 18.8 Å². The number of nitrogens with one attached hydrogen (secondary N) is 1. The van der Waals surface area contributed by atoms with Crippen LogP contribution in [0.4, 0.5) is 0 Å². The van der Waals surface area contributed by atoms with Gasteiger partial charge < -0.3 is 25.0 Å². The van der Waals surface area contributed by atoms with E-state index in [-0.39, 0.29) is 31.1 Å². The summed E-state index contributed by atoms with van der Waals surface area (Å²) in [5.74, 6) is -0.765. The van der Waals surface area contributed by atoms with Gasteiger partial charge in [0.15, 0.2) is 6.29 Å². The quantitative estimate of drug-likeness (QED) is 0.0936. The first kappa shape index (κ1) is 36.5. The number of ether oxygens (including phenoxy) is 2. The van der Waals surface area contributed by atoms with Crippen LogP contribution in [0.15, 0.2) is 85.5 Å². The maximum atomic E-state index is 12.4. The third-order valence-electron chi connectivity index (χ3n) is 9.71. The Labute approximate surface area is 291 Å². The number of unbranched alkanes of at least 4 members (excludes halogenated alkanes) is 3. The van der Waals surface area contributed by atoms with Crippen molar-refractivity contribution in [1.82, 2.24) is 10.2 Å². The fraction of sp³-hybridized carbons (Fsp3) is 0.463. The molecule has 0 aromatic heterocycles. The summed E-state index contributed by atoms with van der Waals surface area (Å²) in [6.07, 6.45) is 10.7. The second-order valence-electron chi connectivity index (χ2n) is 13.4. The molecule has 1 aliphatic heterocycles. The largest absolute Gasteiger partial charge is 0.481 e. The van der Waals surface area contributed by atoms with Gasteiger partial charge in [0.2, 0.25) is 5.91 Å². The van der Waals surface area contributed by atoms with E-state index in [1.54, 1.807) is 0 Å². The molecular weight excluding hydrogens is 616 g/mol. The zero-order chi connectivity index (χ0) is 34.4. The number of hydrogen-bond donors (Lipinski definition) is 3. The molecule has 1 saturated carbocycles. The van der Waals surface area contributed by atoms with Crippen LogP contribution >= 0.6 is 0 Å². The molecule has 8 nitrogen and oxygen atoms in total. The lowest BCUT2D eigenvalue weighted by atomic mass is 9.98. The number of benzene rings is 3. The number of carboxylic acids is 1. The molecule has 1 saturated heterocycles. The average Bonchev–Trinajstić information content (AvgIpc) is 3.67. The third kappa shape index (κ3) is 11.1. The molecule has 1 aliphatic carbocycles. The topological polar surface area (TPSA) is 108 Å². The highest BCUT2D eigenvalue weighted by molar-refractivity contribution is 5.76. The van der Waals surface area contributed by atoms with Crippen LogP contribution in [0, 0.1) is 0 Å². The molecule has 3 aromatic rings. The molecular formula is C41H52N2O6. The molecule has 49 heavy (non-hydrogen) atoms. The Balaban J connectivity index is 1.26. The van der Waals surface area contributed by atoms with Crippen molar-refractivity contribution in [2.24, 2.45) is 0 Å². The summed E-state index contributed by atoms with van der Waals surface area (Å²) in [5, 5.41) is 21.4. The summed E-state index contributed by atoms with van der Waals surface area (Å²) in [4.78, 5) is 25.6. The second-order valence-corrected chi connectivity index (χ2v) is 13.4. The van der Waals surface area contributed by atoms with Gasteiger partial charge in [0, 0.05) is 50.5 Å². The van der Waals surface area contributed by atoms with Gasteiger partial charge in [-0.2, -0.15) is 0 Å². The first-order valence-corrected chi connectivity index (χ1v) is 17.9. The maximum absolute atomic E-state index is 12.4. The molecule has 3 aromatic carbocycles. The Bertz CT molecular complexity index is 1500. The maximum Gasteiger partial charge on any atom is 0.303 e. The Morgan fingerprint density at radius 3 is 2.29 bits per heavy atom. The predicted molar refractivity (Wildman–Crippen MR) is 192 cm³/mol. The molecule has 0 radical (unpaired) electrons. The molecule has 2 fully saturated rings. The Morgan fingerprint density at radius 2 is 1.57 bits per heavy atom. The highest BCUT2D eigenvalue weighted by Crippen LogP contribution is 2.39. The number of hydrogen-bond acceptors (Lipinski definition) is 6. The van der Waals surface area contributed by atoms with Crippen molar-refractivity contribution in [1.29, 1.82) is 0 Å². The van der Waals surface area contributed by atoms with E-state index in [1.807, 2.05) is 36.4 Å². The number of aliphatic hydroxyl groups excluding tert-OH is 1. The SMILES string of the molecule is C=CCN(CC1CC(c2ccc(CO)cc2)OC(c2cccc(-c3cccc(CNC(=O)CCCCCCC(=O)O)c3)c2)O1)C1CCCC1. The zero-order valence-electron chi connectivity index (χ0n) is 28.6. The molecule has 8 heteroatoms. The fourth-order valence-corrected chi connectivity index (χ4v) is 7.03. The first-order valence-electron chi connectivity index (χ1n) is 17.9. The number of carbonyl (C=O) groups is 2. The number of carboxylic acid groups (broad SMARTS) is 1. The van der Waals surface area contributed by atoms with Crippen molar-refractivity contribution in [3.8, 4) is 11.1 Å². The molecule has 5 rings (SSSR count). The van der Waals surface area contributed by atoms with Crippen LogP contribution in [0.3, 0.4) is 0 Å². The van der Waals surface area contributed by atoms with Gasteiger partial charge in [0.1, 0.15) is 0 Å². The van der Waals surface area contributed by atoms with Crippen molar-refractivity contribution >= 4 is 11.9 Å². The van der Waals surface area contributed by atoms with Crippen LogP contribution in [0.2, 0.25) is 0 Å². The molecule has 0 spiro atoms. The Hall–Kier alpha value is -3.82. The van der Waals surface area contributed by atoms with Gasteiger partial charge in [-0.25, -0.2) is 0 Å². The van der Waals surface area contributed by atoms with Crippen molar-refractivity contribution in [2.45, 2.75) is 108 Å². The number of carbonyl (C=O) groups excluding carboxylic acids is 1. The van der Waals surface area contributed by atoms with E-state index in [2.05, 4.69) is 59.3 Å². The summed E-state index contributed by atoms with van der Waals surface area (Å²) in [6.45, 7) is 6.15. The summed E-state index contributed by atoms with van der Waals surface area (Å²) in [5.41, 5.74) is 6.02. The van der Waals surface area contributed by atoms with E-state index < -0.39 is 12.3 Å². The van der Waals surface area contributed by atoms with Gasteiger partial charge in [-0.3, -0.25) is 14.5 Å². The van der Waals surface area contributed by atoms with Crippen LogP contribution < -0.4 is 5.32 Å². The van der Waals surface area contributed by atoms with E-state index >= 15 is 0 Å². The number of amides is 1. The highest BCUT2D eigenvalue weighted by atomic mass is 16.7. The molecule has 0 bridgehead atoms. The summed E-state index contributed by atoms with van der Waals surface area (Å²) in [6, 6.07) is 25.1. The van der Waals surface area contributed by atoms with Gasteiger partial charge in [-0.05, 0) is 65.6 Å². The van der Waals surface area contributed by atoms with E-state index in [1.165, 1.54) is 25.7 Å².